The monoisotopic (exact) mass is 205 g/mol. The number of hydrogen-bond donors (Lipinski definition) is 1. The van der Waals surface area contributed by atoms with Crippen molar-refractivity contribution >= 4 is 5.91 Å². The lowest BCUT2D eigenvalue weighted by molar-refractivity contribution is 0.0963. The van der Waals surface area contributed by atoms with E-state index < -0.39 is 0 Å². The van der Waals surface area contributed by atoms with Gasteiger partial charge in [-0.3, -0.25) is 4.79 Å². The van der Waals surface area contributed by atoms with Crippen molar-refractivity contribution in [1.82, 2.24) is 5.32 Å². The maximum atomic E-state index is 11.4. The standard InChI is InChI=1S/C13H19NO/c1-9-8-10(12(15)14-5)6-7-11(9)13(2,3)4/h6-8H,1-5H3,(H,14,15). The van der Waals surface area contributed by atoms with E-state index >= 15 is 0 Å². The first-order valence-corrected chi connectivity index (χ1v) is 5.19. The van der Waals surface area contributed by atoms with E-state index in [1.165, 1.54) is 11.1 Å². The molecule has 0 aliphatic carbocycles. The molecule has 0 bridgehead atoms. The summed E-state index contributed by atoms with van der Waals surface area (Å²) in [6, 6.07) is 5.87. The van der Waals surface area contributed by atoms with Crippen LogP contribution in [0, 0.1) is 6.92 Å². The Bertz CT molecular complexity index is 375. The van der Waals surface area contributed by atoms with Crippen molar-refractivity contribution in [2.75, 3.05) is 7.05 Å². The van der Waals surface area contributed by atoms with Gasteiger partial charge in [0.15, 0.2) is 0 Å². The molecule has 1 aromatic rings. The summed E-state index contributed by atoms with van der Waals surface area (Å²) < 4.78 is 0. The fourth-order valence-electron chi connectivity index (χ4n) is 1.79. The highest BCUT2D eigenvalue weighted by molar-refractivity contribution is 5.94. The minimum Gasteiger partial charge on any atom is -0.355 e. The molecule has 0 fully saturated rings. The van der Waals surface area contributed by atoms with Gasteiger partial charge in [-0.05, 0) is 35.6 Å². The summed E-state index contributed by atoms with van der Waals surface area (Å²) in [6.45, 7) is 8.58. The quantitative estimate of drug-likeness (QED) is 0.750. The van der Waals surface area contributed by atoms with Crippen LogP contribution < -0.4 is 5.32 Å². The number of nitrogens with one attached hydrogen (secondary N) is 1. The van der Waals surface area contributed by atoms with Crippen molar-refractivity contribution in [2.24, 2.45) is 0 Å². The minimum atomic E-state index is -0.0291. The molecule has 0 radical (unpaired) electrons. The Morgan fingerprint density at radius 3 is 2.27 bits per heavy atom. The van der Waals surface area contributed by atoms with Crippen LogP contribution in [0.15, 0.2) is 18.2 Å². The molecule has 0 atom stereocenters. The Hall–Kier alpha value is -1.31. The van der Waals surface area contributed by atoms with Gasteiger partial charge >= 0.3 is 0 Å². The van der Waals surface area contributed by atoms with Gasteiger partial charge in [-0.25, -0.2) is 0 Å². The maximum absolute atomic E-state index is 11.4. The molecule has 0 spiro atoms. The van der Waals surface area contributed by atoms with E-state index in [0.717, 1.165) is 5.56 Å². The highest BCUT2D eigenvalue weighted by atomic mass is 16.1. The van der Waals surface area contributed by atoms with Crippen LogP contribution in [-0.4, -0.2) is 13.0 Å². The predicted molar refractivity (Wildman–Crippen MR) is 63.3 cm³/mol. The molecule has 0 saturated carbocycles. The van der Waals surface area contributed by atoms with Crippen LogP contribution in [0.25, 0.3) is 0 Å². The summed E-state index contributed by atoms with van der Waals surface area (Å²) in [7, 11) is 1.65. The predicted octanol–water partition coefficient (Wildman–Crippen LogP) is 2.65. The van der Waals surface area contributed by atoms with Gasteiger partial charge in [-0.15, -0.1) is 0 Å². The Morgan fingerprint density at radius 2 is 1.87 bits per heavy atom. The normalized spacial score (nSPS) is 11.3. The highest BCUT2D eigenvalue weighted by Crippen LogP contribution is 2.25. The van der Waals surface area contributed by atoms with Gasteiger partial charge in [0.05, 0.1) is 0 Å². The van der Waals surface area contributed by atoms with E-state index in [4.69, 9.17) is 0 Å². The van der Waals surface area contributed by atoms with E-state index in [-0.39, 0.29) is 11.3 Å². The van der Waals surface area contributed by atoms with Crippen LogP contribution in [-0.2, 0) is 5.41 Å². The van der Waals surface area contributed by atoms with Crippen molar-refractivity contribution < 1.29 is 4.79 Å². The molecular formula is C13H19NO. The molecule has 1 aromatic carbocycles. The molecule has 0 aromatic heterocycles. The number of carbonyl (C=O) groups is 1. The maximum Gasteiger partial charge on any atom is 0.251 e. The Balaban J connectivity index is 3.15. The van der Waals surface area contributed by atoms with Crippen LogP contribution >= 0.6 is 0 Å². The summed E-state index contributed by atoms with van der Waals surface area (Å²) in [6.07, 6.45) is 0. The van der Waals surface area contributed by atoms with Crippen LogP contribution in [0.4, 0.5) is 0 Å². The second kappa shape index (κ2) is 4.05. The largest absolute Gasteiger partial charge is 0.355 e. The lowest BCUT2D eigenvalue weighted by atomic mass is 9.83. The summed E-state index contributed by atoms with van der Waals surface area (Å²) >= 11 is 0. The molecule has 0 heterocycles. The average molecular weight is 205 g/mol. The van der Waals surface area contributed by atoms with Crippen molar-refractivity contribution in [3.63, 3.8) is 0 Å². The second-order valence-corrected chi connectivity index (χ2v) is 4.86. The smallest absolute Gasteiger partial charge is 0.251 e. The van der Waals surface area contributed by atoms with Gasteiger partial charge in [0, 0.05) is 12.6 Å². The van der Waals surface area contributed by atoms with Crippen LogP contribution in [0.5, 0.6) is 0 Å². The Kier molecular flexibility index (Phi) is 3.18. The number of aryl methyl sites for hydroxylation is 1. The zero-order valence-corrected chi connectivity index (χ0v) is 10.1. The lowest BCUT2D eigenvalue weighted by Crippen LogP contribution is -2.19. The second-order valence-electron chi connectivity index (χ2n) is 4.86. The number of rotatable bonds is 1. The summed E-state index contributed by atoms with van der Waals surface area (Å²) in [5.74, 6) is -0.0291. The van der Waals surface area contributed by atoms with Crippen molar-refractivity contribution in [1.29, 1.82) is 0 Å². The molecule has 1 amide bonds. The topological polar surface area (TPSA) is 29.1 Å². The number of amides is 1. The highest BCUT2D eigenvalue weighted by Gasteiger charge is 2.16. The molecule has 2 heteroatoms. The summed E-state index contributed by atoms with van der Waals surface area (Å²) in [5.41, 5.74) is 3.31. The molecule has 0 unspecified atom stereocenters. The van der Waals surface area contributed by atoms with Gasteiger partial charge in [-0.1, -0.05) is 26.8 Å². The van der Waals surface area contributed by atoms with Gasteiger partial charge in [0.25, 0.3) is 5.91 Å². The number of carbonyl (C=O) groups excluding carboxylic acids is 1. The molecule has 1 rings (SSSR count). The molecule has 1 N–H and O–H groups in total. The van der Waals surface area contributed by atoms with E-state index in [1.807, 2.05) is 25.1 Å². The van der Waals surface area contributed by atoms with Crippen LogP contribution in [0.2, 0.25) is 0 Å². The molecule has 0 saturated heterocycles. The zero-order chi connectivity index (χ0) is 11.6. The number of hydrogen-bond acceptors (Lipinski definition) is 1. The molecule has 0 aliphatic heterocycles. The third-order valence-electron chi connectivity index (χ3n) is 2.52. The van der Waals surface area contributed by atoms with Gasteiger partial charge in [0.2, 0.25) is 0 Å². The Labute approximate surface area is 91.7 Å². The van der Waals surface area contributed by atoms with E-state index in [1.54, 1.807) is 7.05 Å². The lowest BCUT2D eigenvalue weighted by Gasteiger charge is -2.22. The summed E-state index contributed by atoms with van der Waals surface area (Å²) in [5, 5.41) is 2.63. The number of benzene rings is 1. The first kappa shape index (κ1) is 11.8. The fraction of sp³-hybridized carbons (Fsp3) is 0.462. The van der Waals surface area contributed by atoms with E-state index in [2.05, 4.69) is 26.1 Å². The molecular weight excluding hydrogens is 186 g/mol. The van der Waals surface area contributed by atoms with Crippen molar-refractivity contribution in [2.45, 2.75) is 33.1 Å². The first-order chi connectivity index (χ1) is 6.86. The zero-order valence-electron chi connectivity index (χ0n) is 10.1. The van der Waals surface area contributed by atoms with E-state index in [0.29, 0.717) is 0 Å². The van der Waals surface area contributed by atoms with E-state index in [9.17, 15) is 4.79 Å². The third-order valence-corrected chi connectivity index (χ3v) is 2.52. The van der Waals surface area contributed by atoms with Gasteiger partial charge in [-0.2, -0.15) is 0 Å². The molecule has 0 aliphatic rings. The van der Waals surface area contributed by atoms with Gasteiger partial charge in [0.1, 0.15) is 0 Å². The van der Waals surface area contributed by atoms with Crippen molar-refractivity contribution in [3.05, 3.63) is 34.9 Å². The Morgan fingerprint density at radius 1 is 1.27 bits per heavy atom. The molecule has 82 valence electrons. The first-order valence-electron chi connectivity index (χ1n) is 5.19. The fourth-order valence-corrected chi connectivity index (χ4v) is 1.79. The minimum absolute atomic E-state index is 0.0291. The van der Waals surface area contributed by atoms with Crippen LogP contribution in [0.1, 0.15) is 42.3 Å². The van der Waals surface area contributed by atoms with Gasteiger partial charge < -0.3 is 5.32 Å². The van der Waals surface area contributed by atoms with Crippen molar-refractivity contribution in [3.8, 4) is 0 Å². The SMILES string of the molecule is CNC(=O)c1ccc(C(C)(C)C)c(C)c1. The summed E-state index contributed by atoms with van der Waals surface area (Å²) in [4.78, 5) is 11.4. The third kappa shape index (κ3) is 2.58. The average Bonchev–Trinajstić information content (AvgIpc) is 2.14. The molecule has 15 heavy (non-hydrogen) atoms. The van der Waals surface area contributed by atoms with Crippen LogP contribution in [0.3, 0.4) is 0 Å². The molecule has 2 nitrogen and oxygen atoms in total.